The van der Waals surface area contributed by atoms with Gasteiger partial charge in [-0.3, -0.25) is 29.1 Å². The van der Waals surface area contributed by atoms with Gasteiger partial charge in [-0.05, 0) is 26.0 Å². The number of hydrogen-bond acceptors (Lipinski definition) is 8. The maximum Gasteiger partial charge on any atom is 0.382 e. The molecule has 38 heavy (non-hydrogen) atoms. The fourth-order valence-corrected chi connectivity index (χ4v) is 6.28. The van der Waals surface area contributed by atoms with Gasteiger partial charge in [0.25, 0.3) is 0 Å². The van der Waals surface area contributed by atoms with Crippen LogP contribution in [-0.4, -0.2) is 57.9 Å². The van der Waals surface area contributed by atoms with Gasteiger partial charge in [0.1, 0.15) is 18.5 Å². The summed E-state index contributed by atoms with van der Waals surface area (Å²) in [6.07, 6.45) is 1.01. The van der Waals surface area contributed by atoms with Crippen molar-refractivity contribution in [3.63, 3.8) is 0 Å². The number of ketones is 1. The van der Waals surface area contributed by atoms with Crippen molar-refractivity contribution in [1.29, 1.82) is 0 Å². The minimum atomic E-state index is -3.84. The summed E-state index contributed by atoms with van der Waals surface area (Å²) in [7, 11) is -3.84. The number of benzene rings is 1. The Kier molecular flexibility index (Phi) is 8.59. The summed E-state index contributed by atoms with van der Waals surface area (Å²) in [5, 5.41) is 9.88. The average molecular weight is 570 g/mol. The van der Waals surface area contributed by atoms with Gasteiger partial charge in [0.2, 0.25) is 5.91 Å². The highest BCUT2D eigenvalue weighted by Gasteiger charge is 2.51. The Balaban J connectivity index is 1.65. The Morgan fingerprint density at radius 2 is 2.03 bits per heavy atom. The van der Waals surface area contributed by atoms with Crippen molar-refractivity contribution in [2.24, 2.45) is 0 Å². The number of hydrogen-bond donors (Lipinski definition) is 2. The maximum atomic E-state index is 14.4. The van der Waals surface area contributed by atoms with Crippen LogP contribution < -0.4 is 16.1 Å². The van der Waals surface area contributed by atoms with E-state index in [4.69, 9.17) is 20.6 Å². The third kappa shape index (κ3) is 5.37. The van der Waals surface area contributed by atoms with Crippen molar-refractivity contribution >= 4 is 47.2 Å². The topological polar surface area (TPSA) is 124 Å². The normalized spacial score (nSPS) is 19.7. The van der Waals surface area contributed by atoms with Gasteiger partial charge < -0.3 is 14.4 Å². The molecule has 1 aliphatic rings. The van der Waals surface area contributed by atoms with Crippen LogP contribution in [0.25, 0.3) is 10.9 Å². The highest BCUT2D eigenvalue weighted by atomic mass is 35.5. The molecule has 0 unspecified atom stereocenters. The third-order valence-corrected chi connectivity index (χ3v) is 8.51. The van der Waals surface area contributed by atoms with E-state index in [1.54, 1.807) is 19.9 Å². The lowest BCUT2D eigenvalue weighted by Gasteiger charge is -2.26. The fourth-order valence-electron chi connectivity index (χ4n) is 4.38. The van der Waals surface area contributed by atoms with Gasteiger partial charge >= 0.3 is 7.60 Å². The molecule has 0 saturated carbocycles. The second-order valence-electron chi connectivity index (χ2n) is 8.61. The lowest BCUT2D eigenvalue weighted by Crippen LogP contribution is -2.59. The number of alkyl halides is 1. The average Bonchev–Trinajstić information content (AvgIpc) is 3.47. The lowest BCUT2D eigenvalue weighted by atomic mass is 9.90. The molecule has 1 aliphatic heterocycles. The zero-order chi connectivity index (χ0) is 27.5. The van der Waals surface area contributed by atoms with E-state index >= 15 is 0 Å². The highest BCUT2D eigenvalue weighted by Crippen LogP contribution is 2.48. The molecule has 1 saturated heterocycles. The van der Waals surface area contributed by atoms with Gasteiger partial charge in [-0.1, -0.05) is 23.7 Å². The molecule has 2 N–H and O–H groups in total. The molecular formula is C24H27ClF2N5O5P. The predicted octanol–water partition coefficient (Wildman–Crippen LogP) is 3.07. The first-order chi connectivity index (χ1) is 18.1. The van der Waals surface area contributed by atoms with Crippen LogP contribution in [0.2, 0.25) is 5.02 Å². The molecule has 1 amide bonds. The molecule has 1 aromatic carbocycles. The molecule has 1 fully saturated rings. The smallest absolute Gasteiger partial charge is 0.350 e. The largest absolute Gasteiger partial charge is 0.382 e. The molecule has 3 heterocycles. The van der Waals surface area contributed by atoms with Crippen molar-refractivity contribution in [1.82, 2.24) is 25.4 Å². The van der Waals surface area contributed by atoms with E-state index < -0.39 is 49.8 Å². The molecule has 0 aliphatic carbocycles. The Bertz CT molecular complexity index is 1400. The molecule has 0 spiro atoms. The Hall–Kier alpha value is -2.76. The quantitative estimate of drug-likeness (QED) is 0.267. The summed E-state index contributed by atoms with van der Waals surface area (Å²) in [5.74, 6) is -2.20. The Morgan fingerprint density at radius 3 is 2.68 bits per heavy atom. The standard InChI is InChI=1S/C24H27ClF2N5O5P/c1-3-36-38(35,37-4-2)22-17-8-9-28-13-19(17)32(31-22)14-20(33)24(10-16(26)12-30-24)23(34)29-11-15-6-5-7-18(25)21(15)27/h5-9,13,16,30H,3-4,10-12,14H2,1-2H3,(H,29,34)/t16-,24+/m1/s1. The van der Waals surface area contributed by atoms with E-state index in [2.05, 4.69) is 20.7 Å². The number of carbonyl (C=O) groups excluding carboxylic acids is 2. The summed E-state index contributed by atoms with van der Waals surface area (Å²) < 4.78 is 54.3. The molecule has 14 heteroatoms. The number of fused-ring (bicyclic) bond motifs is 1. The zero-order valence-corrected chi connectivity index (χ0v) is 22.4. The van der Waals surface area contributed by atoms with Crippen molar-refractivity contribution in [3.05, 3.63) is 53.1 Å². The second-order valence-corrected chi connectivity index (χ2v) is 11.0. The number of pyridine rings is 1. The fraction of sp³-hybridized carbons (Fsp3) is 0.417. The molecule has 204 valence electrons. The second kappa shape index (κ2) is 11.5. The monoisotopic (exact) mass is 569 g/mol. The van der Waals surface area contributed by atoms with E-state index in [1.165, 1.54) is 35.3 Å². The van der Waals surface area contributed by atoms with Gasteiger partial charge in [0.05, 0.1) is 29.9 Å². The summed E-state index contributed by atoms with van der Waals surface area (Å²) in [5.41, 5.74) is -1.47. The first kappa shape index (κ1) is 28.3. The number of nitrogens with zero attached hydrogens (tertiary/aromatic N) is 3. The molecule has 10 nitrogen and oxygen atoms in total. The molecule has 2 atom stereocenters. The SMILES string of the molecule is CCOP(=O)(OCC)c1nn(CC(=O)[C@]2(C(=O)NCc3cccc(Cl)c3F)C[C@@H](F)CN2)c2cnccc12. The van der Waals surface area contributed by atoms with Crippen LogP contribution in [-0.2, 0) is 36.3 Å². The van der Waals surface area contributed by atoms with Crippen molar-refractivity contribution in [2.75, 3.05) is 19.8 Å². The van der Waals surface area contributed by atoms with E-state index in [1.807, 2.05) is 0 Å². The van der Waals surface area contributed by atoms with E-state index in [0.717, 1.165) is 0 Å². The van der Waals surface area contributed by atoms with E-state index in [-0.39, 0.29) is 42.3 Å². The Labute approximate surface area is 222 Å². The number of halogens is 3. The minimum Gasteiger partial charge on any atom is -0.350 e. The van der Waals surface area contributed by atoms with Crippen LogP contribution in [0.4, 0.5) is 8.78 Å². The van der Waals surface area contributed by atoms with Crippen LogP contribution in [0.5, 0.6) is 0 Å². The van der Waals surface area contributed by atoms with E-state index in [9.17, 15) is 22.9 Å². The number of carbonyl (C=O) groups is 2. The van der Waals surface area contributed by atoms with Crippen molar-refractivity contribution in [2.45, 2.75) is 45.1 Å². The molecular weight excluding hydrogens is 543 g/mol. The number of nitrogens with one attached hydrogen (secondary N) is 2. The third-order valence-electron chi connectivity index (χ3n) is 6.17. The van der Waals surface area contributed by atoms with Crippen LogP contribution in [0.1, 0.15) is 25.8 Å². The molecule has 0 radical (unpaired) electrons. The maximum absolute atomic E-state index is 14.4. The van der Waals surface area contributed by atoms with Crippen LogP contribution in [0.3, 0.4) is 0 Å². The summed E-state index contributed by atoms with van der Waals surface area (Å²) in [6.45, 7) is 2.55. The van der Waals surface area contributed by atoms with Crippen molar-refractivity contribution < 1.29 is 32.0 Å². The number of Topliss-reactive ketones (excluding diaryl/α,β-unsaturated/α-hetero) is 1. The number of aromatic nitrogens is 3. The number of amides is 1. The summed E-state index contributed by atoms with van der Waals surface area (Å²) in [6, 6.07) is 5.90. The molecule has 0 bridgehead atoms. The highest BCUT2D eigenvalue weighted by molar-refractivity contribution is 7.62. The van der Waals surface area contributed by atoms with Gasteiger partial charge in [0.15, 0.2) is 16.8 Å². The number of rotatable bonds is 11. The Morgan fingerprint density at radius 1 is 1.29 bits per heavy atom. The van der Waals surface area contributed by atoms with Gasteiger partial charge in [-0.2, -0.15) is 5.10 Å². The predicted molar refractivity (Wildman–Crippen MR) is 137 cm³/mol. The molecule has 3 aromatic rings. The first-order valence-electron chi connectivity index (χ1n) is 12.0. The van der Waals surface area contributed by atoms with Gasteiger partial charge in [-0.15, -0.1) is 0 Å². The molecule has 4 rings (SSSR count). The zero-order valence-electron chi connectivity index (χ0n) is 20.7. The minimum absolute atomic E-state index is 0.00378. The van der Waals surface area contributed by atoms with Crippen LogP contribution >= 0.6 is 19.2 Å². The lowest BCUT2D eigenvalue weighted by molar-refractivity contribution is -0.137. The van der Waals surface area contributed by atoms with Gasteiger partial charge in [-0.25, -0.2) is 8.78 Å². The molecule has 2 aromatic heterocycles. The van der Waals surface area contributed by atoms with Crippen LogP contribution in [0.15, 0.2) is 36.7 Å². The van der Waals surface area contributed by atoms with Crippen LogP contribution in [0, 0.1) is 5.82 Å². The summed E-state index contributed by atoms with van der Waals surface area (Å²) in [4.78, 5) is 30.9. The first-order valence-corrected chi connectivity index (χ1v) is 13.9. The summed E-state index contributed by atoms with van der Waals surface area (Å²) >= 11 is 5.81. The van der Waals surface area contributed by atoms with Gasteiger partial charge in [0, 0.05) is 36.7 Å². The van der Waals surface area contributed by atoms with E-state index in [0.29, 0.717) is 10.9 Å². The van der Waals surface area contributed by atoms with Crippen molar-refractivity contribution in [3.8, 4) is 0 Å².